The van der Waals surface area contributed by atoms with E-state index in [1.54, 1.807) is 0 Å². The molecule has 4 heteroatoms. The van der Waals surface area contributed by atoms with Crippen LogP contribution >= 0.6 is 12.2 Å². The van der Waals surface area contributed by atoms with Gasteiger partial charge in [-0.25, -0.2) is 0 Å². The van der Waals surface area contributed by atoms with Gasteiger partial charge in [0.15, 0.2) is 4.77 Å². The predicted molar refractivity (Wildman–Crippen MR) is 80.7 cm³/mol. The zero-order valence-corrected chi connectivity index (χ0v) is 12.4. The van der Waals surface area contributed by atoms with Crippen molar-refractivity contribution in [1.29, 1.82) is 0 Å². The highest BCUT2D eigenvalue weighted by Crippen LogP contribution is 2.09. The summed E-state index contributed by atoms with van der Waals surface area (Å²) >= 11 is 5.28. The van der Waals surface area contributed by atoms with Crippen molar-refractivity contribution in [2.75, 3.05) is 0 Å². The van der Waals surface area contributed by atoms with Gasteiger partial charge in [-0.1, -0.05) is 44.2 Å². The number of aryl methyl sites for hydroxylation is 2. The maximum atomic E-state index is 5.28. The Bertz CT molecular complexity index is 554. The maximum absolute atomic E-state index is 5.28. The minimum absolute atomic E-state index is 0.581. The van der Waals surface area contributed by atoms with Crippen LogP contribution < -0.4 is 0 Å². The highest BCUT2D eigenvalue weighted by molar-refractivity contribution is 7.71. The molecular weight excluding hydrogens is 254 g/mol. The van der Waals surface area contributed by atoms with Gasteiger partial charge in [0.2, 0.25) is 0 Å². The monoisotopic (exact) mass is 275 g/mol. The summed E-state index contributed by atoms with van der Waals surface area (Å²) in [6.45, 7) is 5.33. The standard InChI is InChI=1S/C15H21N3S/c1-12(2)11-18-14(16-17-15(18)19)10-6-9-13-7-4-3-5-8-13/h3-5,7-8,12H,6,9-11H2,1-2H3,(H,17,19). The van der Waals surface area contributed by atoms with Gasteiger partial charge >= 0.3 is 0 Å². The van der Waals surface area contributed by atoms with E-state index in [2.05, 4.69) is 58.9 Å². The SMILES string of the molecule is CC(C)Cn1c(CCCc2ccccc2)n[nH]c1=S. The van der Waals surface area contributed by atoms with Crippen molar-refractivity contribution in [1.82, 2.24) is 14.8 Å². The molecule has 0 spiro atoms. The first kappa shape index (κ1) is 14.0. The molecule has 3 nitrogen and oxygen atoms in total. The molecule has 1 heterocycles. The van der Waals surface area contributed by atoms with E-state index in [4.69, 9.17) is 12.2 Å². The number of nitrogens with zero attached hydrogens (tertiary/aromatic N) is 2. The highest BCUT2D eigenvalue weighted by Gasteiger charge is 2.07. The molecule has 2 aromatic rings. The Kier molecular flexibility index (Phi) is 4.91. The fourth-order valence-corrected chi connectivity index (χ4v) is 2.42. The van der Waals surface area contributed by atoms with Crippen LogP contribution in [0.25, 0.3) is 0 Å². The Morgan fingerprint density at radius 3 is 2.63 bits per heavy atom. The fraction of sp³-hybridized carbons (Fsp3) is 0.467. The molecule has 0 unspecified atom stereocenters. The fourth-order valence-electron chi connectivity index (χ4n) is 2.19. The van der Waals surface area contributed by atoms with Crippen molar-refractivity contribution in [3.63, 3.8) is 0 Å². The van der Waals surface area contributed by atoms with Crippen LogP contribution in [0.2, 0.25) is 0 Å². The van der Waals surface area contributed by atoms with Gasteiger partial charge < -0.3 is 4.57 Å². The second kappa shape index (κ2) is 6.66. The van der Waals surface area contributed by atoms with Crippen molar-refractivity contribution in [2.45, 2.75) is 39.7 Å². The van der Waals surface area contributed by atoms with Gasteiger partial charge in [0.05, 0.1) is 0 Å². The van der Waals surface area contributed by atoms with Gasteiger partial charge in [-0.2, -0.15) is 5.10 Å². The molecule has 1 aromatic carbocycles. The first-order chi connectivity index (χ1) is 9.16. The molecule has 0 atom stereocenters. The molecule has 102 valence electrons. The molecule has 0 saturated carbocycles. The summed E-state index contributed by atoms with van der Waals surface area (Å²) in [5.74, 6) is 1.66. The van der Waals surface area contributed by atoms with Gasteiger partial charge in [-0.3, -0.25) is 5.10 Å². The van der Waals surface area contributed by atoms with Crippen LogP contribution in [0.15, 0.2) is 30.3 Å². The Morgan fingerprint density at radius 2 is 1.95 bits per heavy atom. The second-order valence-corrected chi connectivity index (χ2v) is 5.68. The van der Waals surface area contributed by atoms with Crippen LogP contribution in [-0.2, 0) is 19.4 Å². The van der Waals surface area contributed by atoms with Crippen LogP contribution in [0.3, 0.4) is 0 Å². The first-order valence-electron chi connectivity index (χ1n) is 6.85. The summed E-state index contributed by atoms with van der Waals surface area (Å²) in [6.07, 6.45) is 3.15. The van der Waals surface area contributed by atoms with Crippen molar-refractivity contribution in [2.24, 2.45) is 5.92 Å². The average Bonchev–Trinajstić information content (AvgIpc) is 2.72. The van der Waals surface area contributed by atoms with E-state index in [9.17, 15) is 0 Å². The Morgan fingerprint density at radius 1 is 1.21 bits per heavy atom. The number of rotatable bonds is 6. The van der Waals surface area contributed by atoms with E-state index in [1.807, 2.05) is 0 Å². The molecule has 2 rings (SSSR count). The van der Waals surface area contributed by atoms with Gasteiger partial charge in [-0.15, -0.1) is 0 Å². The van der Waals surface area contributed by atoms with Gasteiger partial charge in [0, 0.05) is 13.0 Å². The number of hydrogen-bond acceptors (Lipinski definition) is 2. The lowest BCUT2D eigenvalue weighted by molar-refractivity contribution is 0.499. The van der Waals surface area contributed by atoms with Gasteiger partial charge in [0.1, 0.15) is 5.82 Å². The summed E-state index contributed by atoms with van der Waals surface area (Å²) in [5, 5.41) is 7.25. The largest absolute Gasteiger partial charge is 0.304 e. The molecule has 0 amide bonds. The molecule has 0 aliphatic heterocycles. The minimum Gasteiger partial charge on any atom is -0.304 e. The molecule has 0 fully saturated rings. The Labute approximate surface area is 119 Å². The molecule has 1 N–H and O–H groups in total. The quantitative estimate of drug-likeness (QED) is 0.814. The zero-order valence-electron chi connectivity index (χ0n) is 11.6. The van der Waals surface area contributed by atoms with Crippen LogP contribution in [0.5, 0.6) is 0 Å². The third kappa shape index (κ3) is 4.03. The third-order valence-electron chi connectivity index (χ3n) is 3.09. The van der Waals surface area contributed by atoms with Gasteiger partial charge in [0.25, 0.3) is 0 Å². The Balaban J connectivity index is 1.94. The molecule has 1 aromatic heterocycles. The summed E-state index contributed by atoms with van der Waals surface area (Å²) in [4.78, 5) is 0. The minimum atomic E-state index is 0.581. The second-order valence-electron chi connectivity index (χ2n) is 5.29. The van der Waals surface area contributed by atoms with Gasteiger partial charge in [-0.05, 0) is 36.5 Å². The molecule has 19 heavy (non-hydrogen) atoms. The number of nitrogens with one attached hydrogen (secondary N) is 1. The van der Waals surface area contributed by atoms with E-state index in [1.165, 1.54) is 5.56 Å². The van der Waals surface area contributed by atoms with Crippen LogP contribution in [0.1, 0.15) is 31.7 Å². The van der Waals surface area contributed by atoms with Crippen LogP contribution in [0.4, 0.5) is 0 Å². The lowest BCUT2D eigenvalue weighted by Crippen LogP contribution is -2.09. The van der Waals surface area contributed by atoms with Crippen LogP contribution in [-0.4, -0.2) is 14.8 Å². The van der Waals surface area contributed by atoms with E-state index >= 15 is 0 Å². The highest BCUT2D eigenvalue weighted by atomic mass is 32.1. The summed E-state index contributed by atoms with van der Waals surface area (Å²) in [7, 11) is 0. The molecule has 0 aliphatic carbocycles. The Hall–Kier alpha value is -1.42. The van der Waals surface area contributed by atoms with Crippen molar-refractivity contribution < 1.29 is 0 Å². The van der Waals surface area contributed by atoms with Crippen molar-refractivity contribution in [3.8, 4) is 0 Å². The summed E-state index contributed by atoms with van der Waals surface area (Å²) in [5.41, 5.74) is 1.38. The first-order valence-corrected chi connectivity index (χ1v) is 7.25. The number of aromatic nitrogens is 3. The van der Waals surface area contributed by atoms with E-state index in [0.29, 0.717) is 5.92 Å². The normalized spacial score (nSPS) is 11.1. The lowest BCUT2D eigenvalue weighted by atomic mass is 10.1. The smallest absolute Gasteiger partial charge is 0.195 e. The van der Waals surface area contributed by atoms with E-state index in [-0.39, 0.29) is 0 Å². The topological polar surface area (TPSA) is 33.6 Å². The number of benzene rings is 1. The average molecular weight is 275 g/mol. The molecule has 0 bridgehead atoms. The summed E-state index contributed by atoms with van der Waals surface area (Å²) in [6, 6.07) is 10.6. The van der Waals surface area contributed by atoms with Crippen molar-refractivity contribution >= 4 is 12.2 Å². The summed E-state index contributed by atoms with van der Waals surface area (Å²) < 4.78 is 2.87. The number of H-pyrrole nitrogens is 1. The molecule has 0 radical (unpaired) electrons. The maximum Gasteiger partial charge on any atom is 0.195 e. The third-order valence-corrected chi connectivity index (χ3v) is 3.41. The number of aromatic amines is 1. The zero-order chi connectivity index (χ0) is 13.7. The lowest BCUT2D eigenvalue weighted by Gasteiger charge is -2.09. The predicted octanol–water partition coefficient (Wildman–Crippen LogP) is 3.77. The van der Waals surface area contributed by atoms with Crippen molar-refractivity contribution in [3.05, 3.63) is 46.5 Å². The number of hydrogen-bond donors (Lipinski definition) is 1. The van der Waals surface area contributed by atoms with Crippen LogP contribution in [0, 0.1) is 10.7 Å². The molecule has 0 aliphatic rings. The van der Waals surface area contributed by atoms with E-state index < -0.39 is 0 Å². The van der Waals surface area contributed by atoms with E-state index in [0.717, 1.165) is 36.4 Å². The molecule has 0 saturated heterocycles. The molecular formula is C15H21N3S.